The second-order valence-electron chi connectivity index (χ2n) is 6.65. The number of nitrogens with zero attached hydrogens (tertiary/aromatic N) is 1. The largest absolute Gasteiger partial charge is 0.469 e. The Hall–Kier alpha value is -1.000. The third kappa shape index (κ3) is 6.49. The number of ether oxygens (including phenoxy) is 1. The lowest BCUT2D eigenvalue weighted by Crippen LogP contribution is -2.51. The topological polar surface area (TPSA) is 92.8 Å². The fourth-order valence-electron chi connectivity index (χ4n) is 3.13. The molecule has 1 saturated heterocycles. The number of rotatable bonds is 8. The summed E-state index contributed by atoms with van der Waals surface area (Å²) in [6, 6.07) is 3.21. The average molecular weight is 483 g/mol. The molecule has 1 aliphatic heterocycles. The molecular weight excluding hydrogens is 459 g/mol. The van der Waals surface area contributed by atoms with E-state index in [-0.39, 0.29) is 32.7 Å². The normalized spacial score (nSPS) is 16.5. The van der Waals surface area contributed by atoms with Gasteiger partial charge in [-0.2, -0.15) is 16.5 Å². The molecule has 1 aromatic rings. The molecule has 1 aliphatic rings. The molecule has 2 rings (SSSR count). The average Bonchev–Trinajstić information content (AvgIpc) is 2.71. The second kappa shape index (κ2) is 10.9. The van der Waals surface area contributed by atoms with Crippen LogP contribution in [-0.4, -0.2) is 63.4 Å². The highest BCUT2D eigenvalue weighted by atomic mass is 35.5. The Morgan fingerprint density at radius 3 is 2.55 bits per heavy atom. The van der Waals surface area contributed by atoms with Crippen LogP contribution in [0.3, 0.4) is 0 Å². The maximum Gasteiger partial charge on any atom is 0.308 e. The summed E-state index contributed by atoms with van der Waals surface area (Å²) >= 11 is 13.5. The molecule has 0 aromatic heterocycles. The van der Waals surface area contributed by atoms with Gasteiger partial charge in [-0.25, -0.2) is 8.42 Å². The van der Waals surface area contributed by atoms with Crippen LogP contribution in [0.5, 0.6) is 0 Å². The minimum Gasteiger partial charge on any atom is -0.469 e. The molecule has 162 valence electrons. The molecule has 0 aliphatic carbocycles. The van der Waals surface area contributed by atoms with Crippen molar-refractivity contribution < 1.29 is 22.7 Å². The molecule has 1 fully saturated rings. The van der Waals surface area contributed by atoms with Crippen molar-refractivity contribution in [3.63, 3.8) is 0 Å². The number of hydrogen-bond acceptors (Lipinski definition) is 6. The molecule has 1 unspecified atom stereocenters. The molecule has 1 aromatic carbocycles. The van der Waals surface area contributed by atoms with Gasteiger partial charge in [0.15, 0.2) is 0 Å². The number of piperidine rings is 1. The Bertz CT molecular complexity index is 843. The summed E-state index contributed by atoms with van der Waals surface area (Å²) < 4.78 is 33.0. The van der Waals surface area contributed by atoms with Gasteiger partial charge in [0.05, 0.1) is 18.1 Å². The van der Waals surface area contributed by atoms with Crippen LogP contribution in [0.1, 0.15) is 19.3 Å². The zero-order valence-electron chi connectivity index (χ0n) is 16.2. The highest BCUT2D eigenvalue weighted by Gasteiger charge is 2.33. The number of carbonyl (C=O) groups excluding carboxylic acids is 2. The summed E-state index contributed by atoms with van der Waals surface area (Å²) in [7, 11) is -2.71. The fourth-order valence-corrected chi connectivity index (χ4v) is 5.58. The van der Waals surface area contributed by atoms with Gasteiger partial charge in [0.1, 0.15) is 10.9 Å². The van der Waals surface area contributed by atoms with Crippen molar-refractivity contribution in [1.82, 2.24) is 9.62 Å². The first-order valence-corrected chi connectivity index (χ1v) is 12.7. The van der Waals surface area contributed by atoms with Crippen molar-refractivity contribution >= 4 is 56.9 Å². The number of methoxy groups -OCH3 is 1. The Morgan fingerprint density at radius 2 is 1.97 bits per heavy atom. The van der Waals surface area contributed by atoms with E-state index in [1.54, 1.807) is 4.90 Å². The van der Waals surface area contributed by atoms with Gasteiger partial charge in [0.25, 0.3) is 0 Å². The van der Waals surface area contributed by atoms with Crippen molar-refractivity contribution in [3.8, 4) is 0 Å². The third-order valence-electron chi connectivity index (χ3n) is 4.73. The number of hydrogen-bond donors (Lipinski definition) is 1. The summed E-state index contributed by atoms with van der Waals surface area (Å²) in [5, 5.41) is 0.253. The van der Waals surface area contributed by atoms with E-state index in [0.717, 1.165) is 0 Å². The summed E-state index contributed by atoms with van der Waals surface area (Å²) in [6.45, 7) is 0.738. The van der Waals surface area contributed by atoms with E-state index in [4.69, 9.17) is 27.9 Å². The number of benzene rings is 1. The van der Waals surface area contributed by atoms with E-state index >= 15 is 0 Å². The molecule has 0 spiro atoms. The van der Waals surface area contributed by atoms with Crippen molar-refractivity contribution in [3.05, 3.63) is 28.2 Å². The molecule has 11 heteroatoms. The maximum atomic E-state index is 13.0. The Morgan fingerprint density at radius 1 is 1.31 bits per heavy atom. The van der Waals surface area contributed by atoms with E-state index in [2.05, 4.69) is 4.72 Å². The number of halogens is 2. The van der Waals surface area contributed by atoms with E-state index in [9.17, 15) is 18.0 Å². The highest BCUT2D eigenvalue weighted by Crippen LogP contribution is 2.26. The van der Waals surface area contributed by atoms with Crippen molar-refractivity contribution in [1.29, 1.82) is 0 Å². The van der Waals surface area contributed by atoms with Crippen LogP contribution < -0.4 is 4.72 Å². The van der Waals surface area contributed by atoms with Crippen molar-refractivity contribution in [2.24, 2.45) is 5.92 Å². The second-order valence-corrected chi connectivity index (χ2v) is 10.2. The lowest BCUT2D eigenvalue weighted by atomic mass is 9.96. The van der Waals surface area contributed by atoms with Crippen molar-refractivity contribution in [2.45, 2.75) is 30.2 Å². The molecule has 1 heterocycles. The number of thioether (sulfide) groups is 1. The quantitative estimate of drug-likeness (QED) is 0.572. The Balaban J connectivity index is 2.15. The monoisotopic (exact) mass is 482 g/mol. The number of nitrogens with one attached hydrogen (secondary N) is 1. The predicted octanol–water partition coefficient (Wildman–Crippen LogP) is 2.81. The summed E-state index contributed by atoms with van der Waals surface area (Å²) in [5.74, 6) is -0.243. The zero-order valence-corrected chi connectivity index (χ0v) is 19.3. The molecule has 29 heavy (non-hydrogen) atoms. The number of carbonyl (C=O) groups is 2. The van der Waals surface area contributed by atoms with Crippen molar-refractivity contribution in [2.75, 3.05) is 32.2 Å². The van der Waals surface area contributed by atoms with E-state index in [0.29, 0.717) is 38.1 Å². The van der Waals surface area contributed by atoms with Crippen LogP contribution in [0.4, 0.5) is 0 Å². The van der Waals surface area contributed by atoms with Gasteiger partial charge in [-0.15, -0.1) is 0 Å². The van der Waals surface area contributed by atoms with Gasteiger partial charge in [0.2, 0.25) is 15.9 Å². The maximum absolute atomic E-state index is 13.0. The smallest absolute Gasteiger partial charge is 0.308 e. The Labute approximate surface area is 185 Å². The Kier molecular flexibility index (Phi) is 9.09. The molecule has 1 amide bonds. The zero-order chi connectivity index (χ0) is 21.6. The first kappa shape index (κ1) is 24.3. The molecule has 1 N–H and O–H groups in total. The van der Waals surface area contributed by atoms with Gasteiger partial charge >= 0.3 is 5.97 Å². The number of amides is 1. The number of sulfonamides is 1. The predicted molar refractivity (Wildman–Crippen MR) is 115 cm³/mol. The van der Waals surface area contributed by atoms with Crippen LogP contribution in [0.25, 0.3) is 0 Å². The van der Waals surface area contributed by atoms with Gasteiger partial charge in [-0.1, -0.05) is 23.2 Å². The molecule has 0 saturated carbocycles. The summed E-state index contributed by atoms with van der Waals surface area (Å²) in [6.07, 6.45) is 3.18. The standard InChI is InChI=1S/C18H24Cl2N2O5S2/c1-27-18(24)12-5-8-22(9-6-12)17(23)15(7-10-28-2)21-29(25,26)16-11-13(19)3-4-14(16)20/h3-4,11-12,15,21H,5-10H2,1-2H3. The number of esters is 1. The molecule has 0 radical (unpaired) electrons. The van der Waals surface area contributed by atoms with E-state index < -0.39 is 16.1 Å². The third-order valence-corrected chi connectivity index (χ3v) is 7.56. The van der Waals surface area contributed by atoms with E-state index in [1.165, 1.54) is 37.1 Å². The van der Waals surface area contributed by atoms with Gasteiger partial charge in [0, 0.05) is 18.1 Å². The minimum absolute atomic E-state index is 0.0249. The van der Waals surface area contributed by atoms with Crippen LogP contribution in [0.15, 0.2) is 23.1 Å². The molecule has 1 atom stereocenters. The minimum atomic E-state index is -4.05. The van der Waals surface area contributed by atoms with Gasteiger partial charge in [-0.05, 0) is 49.5 Å². The van der Waals surface area contributed by atoms with Crippen LogP contribution in [0.2, 0.25) is 10.0 Å². The highest BCUT2D eigenvalue weighted by molar-refractivity contribution is 7.98. The summed E-state index contributed by atoms with van der Waals surface area (Å²) in [4.78, 5) is 26.1. The fraction of sp³-hybridized carbons (Fsp3) is 0.556. The SMILES string of the molecule is COC(=O)C1CCN(C(=O)C(CCSC)NS(=O)(=O)c2cc(Cl)ccc2Cl)CC1. The summed E-state index contributed by atoms with van der Waals surface area (Å²) in [5.41, 5.74) is 0. The first-order chi connectivity index (χ1) is 13.7. The molecule has 0 bridgehead atoms. The van der Waals surface area contributed by atoms with Crippen LogP contribution >= 0.6 is 35.0 Å². The number of likely N-dealkylation sites (tertiary alicyclic amines) is 1. The lowest BCUT2D eigenvalue weighted by Gasteiger charge is -2.33. The van der Waals surface area contributed by atoms with Gasteiger partial charge in [-0.3, -0.25) is 9.59 Å². The van der Waals surface area contributed by atoms with Crippen LogP contribution in [-0.2, 0) is 24.3 Å². The first-order valence-electron chi connectivity index (χ1n) is 9.02. The molecule has 7 nitrogen and oxygen atoms in total. The molecular formula is C18H24Cl2N2O5S2. The lowest BCUT2D eigenvalue weighted by molar-refractivity contribution is -0.149. The van der Waals surface area contributed by atoms with Crippen LogP contribution in [0, 0.1) is 5.92 Å². The van der Waals surface area contributed by atoms with Gasteiger partial charge < -0.3 is 9.64 Å². The van der Waals surface area contributed by atoms with E-state index in [1.807, 2.05) is 6.26 Å².